The van der Waals surface area contributed by atoms with Gasteiger partial charge in [-0.25, -0.2) is 4.99 Å². The van der Waals surface area contributed by atoms with Gasteiger partial charge in [-0.1, -0.05) is 18.2 Å². The molecule has 0 radical (unpaired) electrons. The summed E-state index contributed by atoms with van der Waals surface area (Å²) in [6.45, 7) is 0. The molecule has 0 spiro atoms. The number of benzene rings is 2. The van der Waals surface area contributed by atoms with Gasteiger partial charge in [0, 0.05) is 11.8 Å². The lowest BCUT2D eigenvalue weighted by Gasteiger charge is -2.03. The third-order valence-electron chi connectivity index (χ3n) is 2.95. The Balaban J connectivity index is 2.05. The molecule has 18 heavy (non-hydrogen) atoms. The van der Waals surface area contributed by atoms with Crippen molar-refractivity contribution in [2.45, 2.75) is 0 Å². The summed E-state index contributed by atoms with van der Waals surface area (Å²) in [7, 11) is 0. The van der Waals surface area contributed by atoms with E-state index in [-0.39, 0.29) is 5.91 Å². The average molecular weight is 232 g/mol. The maximum absolute atomic E-state index is 11.4. The van der Waals surface area contributed by atoms with Crippen molar-refractivity contribution in [2.24, 2.45) is 4.99 Å². The van der Waals surface area contributed by atoms with E-state index in [1.54, 1.807) is 24.4 Å². The highest BCUT2D eigenvalue weighted by molar-refractivity contribution is 6.13. The molecule has 0 unspecified atom stereocenters. The van der Waals surface area contributed by atoms with E-state index < -0.39 is 0 Å². The minimum absolute atomic E-state index is 0.184. The van der Waals surface area contributed by atoms with Gasteiger partial charge in [-0.2, -0.15) is 5.26 Å². The number of aliphatic imine (C=N–C) groups is 1. The second-order valence-electron chi connectivity index (χ2n) is 4.05. The molecule has 3 rings (SSSR count). The van der Waals surface area contributed by atoms with Gasteiger partial charge in [-0.05, 0) is 35.4 Å². The highest BCUT2D eigenvalue weighted by atomic mass is 16.1. The fourth-order valence-corrected chi connectivity index (χ4v) is 1.98. The van der Waals surface area contributed by atoms with Crippen LogP contribution >= 0.6 is 0 Å². The van der Waals surface area contributed by atoms with E-state index in [1.807, 2.05) is 24.3 Å². The van der Waals surface area contributed by atoms with Crippen molar-refractivity contribution in [1.82, 2.24) is 0 Å². The fraction of sp³-hybridized carbons (Fsp3) is 0. The molecular formula is C15H8N2O. The van der Waals surface area contributed by atoms with Gasteiger partial charge in [0.25, 0.3) is 5.91 Å². The first-order valence-electron chi connectivity index (χ1n) is 5.51. The Morgan fingerprint density at radius 1 is 1.00 bits per heavy atom. The molecule has 0 fully saturated rings. The third-order valence-corrected chi connectivity index (χ3v) is 2.95. The molecule has 0 N–H and O–H groups in total. The smallest absolute Gasteiger partial charge is 0.267 e. The topological polar surface area (TPSA) is 53.2 Å². The van der Waals surface area contributed by atoms with E-state index in [4.69, 9.17) is 5.26 Å². The SMILES string of the molecule is N#Cc1ccc(-c2ccc3c(c2)C=NC3=O)cc1. The summed E-state index contributed by atoms with van der Waals surface area (Å²) in [6.07, 6.45) is 1.59. The molecule has 0 bridgehead atoms. The minimum atomic E-state index is -0.184. The van der Waals surface area contributed by atoms with Gasteiger partial charge in [0.05, 0.1) is 17.2 Å². The molecule has 0 saturated heterocycles. The van der Waals surface area contributed by atoms with Crippen LogP contribution in [-0.2, 0) is 0 Å². The second kappa shape index (κ2) is 3.94. The van der Waals surface area contributed by atoms with E-state index in [1.165, 1.54) is 0 Å². The van der Waals surface area contributed by atoms with Crippen LogP contribution in [0.15, 0.2) is 47.5 Å². The van der Waals surface area contributed by atoms with Gasteiger partial charge in [0.2, 0.25) is 0 Å². The second-order valence-corrected chi connectivity index (χ2v) is 4.05. The van der Waals surface area contributed by atoms with Crippen LogP contribution in [0.1, 0.15) is 21.5 Å². The number of rotatable bonds is 1. The molecule has 1 heterocycles. The maximum atomic E-state index is 11.4. The Labute approximate surface area is 104 Å². The van der Waals surface area contributed by atoms with E-state index >= 15 is 0 Å². The van der Waals surface area contributed by atoms with Crippen LogP contribution in [0.2, 0.25) is 0 Å². The Morgan fingerprint density at radius 2 is 1.72 bits per heavy atom. The predicted octanol–water partition coefficient (Wildman–Crippen LogP) is 2.80. The van der Waals surface area contributed by atoms with Crippen molar-refractivity contribution in [2.75, 3.05) is 0 Å². The van der Waals surface area contributed by atoms with Gasteiger partial charge in [-0.3, -0.25) is 4.79 Å². The van der Waals surface area contributed by atoms with Crippen molar-refractivity contribution in [3.8, 4) is 17.2 Å². The number of nitrogens with zero attached hydrogens (tertiary/aromatic N) is 2. The van der Waals surface area contributed by atoms with E-state index in [2.05, 4.69) is 11.1 Å². The summed E-state index contributed by atoms with van der Waals surface area (Å²) in [4.78, 5) is 15.1. The van der Waals surface area contributed by atoms with E-state index in [0.29, 0.717) is 11.1 Å². The Morgan fingerprint density at radius 3 is 2.44 bits per heavy atom. The van der Waals surface area contributed by atoms with Crippen molar-refractivity contribution >= 4 is 12.1 Å². The number of amides is 1. The Hall–Kier alpha value is -2.73. The lowest BCUT2D eigenvalue weighted by molar-refractivity contribution is 0.101. The standard InChI is InChI=1S/C15H8N2O/c16-8-10-1-3-11(4-2-10)12-5-6-14-13(7-12)9-17-15(14)18/h1-7,9H. The summed E-state index contributed by atoms with van der Waals surface area (Å²) < 4.78 is 0. The lowest BCUT2D eigenvalue weighted by atomic mass is 9.99. The van der Waals surface area contributed by atoms with Crippen LogP contribution in [0, 0.1) is 11.3 Å². The first kappa shape index (κ1) is 10.4. The number of hydrogen-bond donors (Lipinski definition) is 0. The minimum Gasteiger partial charge on any atom is -0.267 e. The fourth-order valence-electron chi connectivity index (χ4n) is 1.98. The Bertz CT molecular complexity index is 706. The monoisotopic (exact) mass is 232 g/mol. The quantitative estimate of drug-likeness (QED) is 0.759. The van der Waals surface area contributed by atoms with Crippen molar-refractivity contribution < 1.29 is 4.79 Å². The van der Waals surface area contributed by atoms with Crippen LogP contribution in [-0.4, -0.2) is 12.1 Å². The summed E-state index contributed by atoms with van der Waals surface area (Å²) in [6, 6.07) is 15.1. The molecule has 2 aromatic carbocycles. The molecule has 0 aliphatic carbocycles. The van der Waals surface area contributed by atoms with Crippen molar-refractivity contribution in [3.63, 3.8) is 0 Å². The molecule has 0 saturated carbocycles. The van der Waals surface area contributed by atoms with Crippen molar-refractivity contribution in [1.29, 1.82) is 5.26 Å². The maximum Gasteiger partial charge on any atom is 0.277 e. The summed E-state index contributed by atoms with van der Waals surface area (Å²) in [5.41, 5.74) is 4.16. The van der Waals surface area contributed by atoms with Gasteiger partial charge in [-0.15, -0.1) is 0 Å². The highest BCUT2D eigenvalue weighted by Gasteiger charge is 2.15. The average Bonchev–Trinajstić information content (AvgIpc) is 2.80. The largest absolute Gasteiger partial charge is 0.277 e. The molecule has 1 aliphatic heterocycles. The molecular weight excluding hydrogens is 224 g/mol. The zero-order valence-electron chi connectivity index (χ0n) is 9.42. The molecule has 3 nitrogen and oxygen atoms in total. The number of carbonyl (C=O) groups excluding carboxylic acids is 1. The summed E-state index contributed by atoms with van der Waals surface area (Å²) in [5.74, 6) is -0.184. The third kappa shape index (κ3) is 1.61. The van der Waals surface area contributed by atoms with Gasteiger partial charge in [0.15, 0.2) is 0 Å². The molecule has 3 heteroatoms. The van der Waals surface area contributed by atoms with Gasteiger partial charge >= 0.3 is 0 Å². The molecule has 0 aromatic heterocycles. The lowest BCUT2D eigenvalue weighted by Crippen LogP contribution is -1.91. The van der Waals surface area contributed by atoms with Crippen LogP contribution < -0.4 is 0 Å². The highest BCUT2D eigenvalue weighted by Crippen LogP contribution is 2.24. The van der Waals surface area contributed by atoms with Crippen molar-refractivity contribution in [3.05, 3.63) is 59.2 Å². The summed E-state index contributed by atoms with van der Waals surface area (Å²) >= 11 is 0. The first-order valence-corrected chi connectivity index (χ1v) is 5.51. The van der Waals surface area contributed by atoms with Gasteiger partial charge in [0.1, 0.15) is 0 Å². The van der Waals surface area contributed by atoms with E-state index in [9.17, 15) is 4.79 Å². The predicted molar refractivity (Wildman–Crippen MR) is 68.5 cm³/mol. The number of fused-ring (bicyclic) bond motifs is 1. The van der Waals surface area contributed by atoms with E-state index in [0.717, 1.165) is 16.7 Å². The number of nitriles is 1. The number of carbonyl (C=O) groups is 1. The van der Waals surface area contributed by atoms with Crippen LogP contribution in [0.3, 0.4) is 0 Å². The summed E-state index contributed by atoms with van der Waals surface area (Å²) in [5, 5.41) is 8.75. The van der Waals surface area contributed by atoms with Gasteiger partial charge < -0.3 is 0 Å². The van der Waals surface area contributed by atoms with Crippen LogP contribution in [0.25, 0.3) is 11.1 Å². The molecule has 1 aliphatic rings. The number of hydrogen-bond acceptors (Lipinski definition) is 2. The molecule has 1 amide bonds. The molecule has 84 valence electrons. The Kier molecular flexibility index (Phi) is 2.28. The zero-order valence-corrected chi connectivity index (χ0v) is 9.42. The zero-order chi connectivity index (χ0) is 12.5. The van der Waals surface area contributed by atoms with Crippen LogP contribution in [0.5, 0.6) is 0 Å². The van der Waals surface area contributed by atoms with Crippen LogP contribution in [0.4, 0.5) is 0 Å². The molecule has 0 atom stereocenters. The molecule has 2 aromatic rings. The normalized spacial score (nSPS) is 12.3. The first-order chi connectivity index (χ1) is 8.78.